The number of unbranched alkanes of at least 4 members (excludes halogenated alkanes) is 1. The van der Waals surface area contributed by atoms with Gasteiger partial charge in [0.15, 0.2) is 0 Å². The summed E-state index contributed by atoms with van der Waals surface area (Å²) in [6.45, 7) is 4.66. The number of halogens is 1. The van der Waals surface area contributed by atoms with Gasteiger partial charge in [-0.1, -0.05) is 49.2 Å². The molecule has 1 aliphatic carbocycles. The predicted octanol–water partition coefficient (Wildman–Crippen LogP) is 4.05. The van der Waals surface area contributed by atoms with Crippen LogP contribution in [0.3, 0.4) is 0 Å². The smallest absolute Gasteiger partial charge is 0.242 e. The van der Waals surface area contributed by atoms with Gasteiger partial charge in [-0.05, 0) is 68.0 Å². The quantitative estimate of drug-likeness (QED) is 0.390. The molecule has 2 aromatic carbocycles. The average Bonchev–Trinajstić information content (AvgIpc) is 3.65. The molecule has 1 aliphatic rings. The molecule has 35 heavy (non-hydrogen) atoms. The molecule has 0 radical (unpaired) electrons. The molecule has 2 N–H and O–H groups in total. The molecule has 1 atom stereocenters. The highest BCUT2D eigenvalue weighted by Crippen LogP contribution is 2.22. The van der Waals surface area contributed by atoms with Crippen LogP contribution in [0.1, 0.15) is 57.1 Å². The molecular formula is C26H34ClN3O4S. The van der Waals surface area contributed by atoms with Crippen LogP contribution in [0.15, 0.2) is 53.4 Å². The first-order valence-corrected chi connectivity index (χ1v) is 14.0. The Balaban J connectivity index is 1.65. The summed E-state index contributed by atoms with van der Waals surface area (Å²) >= 11 is 5.99. The SMILES string of the molecule is CCCCNC(=O)C(C)N(Cc1ccc(Cl)cc1)C(=O)CCc1ccc(S(=O)(=O)NC2CC2)cc1. The number of benzene rings is 2. The van der Waals surface area contributed by atoms with Crippen molar-refractivity contribution in [2.24, 2.45) is 0 Å². The number of nitrogens with one attached hydrogen (secondary N) is 2. The number of amides is 2. The molecule has 2 aromatic rings. The van der Waals surface area contributed by atoms with Crippen molar-refractivity contribution in [1.29, 1.82) is 0 Å². The first kappa shape index (κ1) is 27.2. The molecule has 2 amide bonds. The Kier molecular flexibility index (Phi) is 9.71. The normalized spacial score (nSPS) is 14.4. The van der Waals surface area contributed by atoms with Gasteiger partial charge in [-0.25, -0.2) is 13.1 Å². The summed E-state index contributed by atoms with van der Waals surface area (Å²) in [5, 5.41) is 3.52. The third-order valence-electron chi connectivity index (χ3n) is 6.02. The first-order chi connectivity index (χ1) is 16.7. The van der Waals surface area contributed by atoms with Crippen molar-refractivity contribution in [2.45, 2.75) is 75.9 Å². The molecule has 7 nitrogen and oxygen atoms in total. The van der Waals surface area contributed by atoms with E-state index in [-0.39, 0.29) is 29.2 Å². The van der Waals surface area contributed by atoms with Gasteiger partial charge in [0.05, 0.1) is 4.90 Å². The van der Waals surface area contributed by atoms with Gasteiger partial charge in [0.25, 0.3) is 0 Å². The maximum Gasteiger partial charge on any atom is 0.242 e. The topological polar surface area (TPSA) is 95.6 Å². The molecule has 0 saturated heterocycles. The minimum absolute atomic E-state index is 0.0464. The van der Waals surface area contributed by atoms with Crippen molar-refractivity contribution in [3.8, 4) is 0 Å². The lowest BCUT2D eigenvalue weighted by atomic mass is 10.1. The predicted molar refractivity (Wildman–Crippen MR) is 137 cm³/mol. The Bertz CT molecular complexity index is 1100. The van der Waals surface area contributed by atoms with Crippen LogP contribution in [0.5, 0.6) is 0 Å². The van der Waals surface area contributed by atoms with E-state index in [0.29, 0.717) is 24.5 Å². The van der Waals surface area contributed by atoms with E-state index in [1.165, 1.54) is 0 Å². The molecule has 0 spiro atoms. The lowest BCUT2D eigenvalue weighted by Crippen LogP contribution is -2.47. The Labute approximate surface area is 213 Å². The second-order valence-corrected chi connectivity index (χ2v) is 11.2. The highest BCUT2D eigenvalue weighted by molar-refractivity contribution is 7.89. The summed E-state index contributed by atoms with van der Waals surface area (Å²) in [6.07, 6.45) is 4.25. The van der Waals surface area contributed by atoms with Crippen LogP contribution >= 0.6 is 11.6 Å². The van der Waals surface area contributed by atoms with Crippen LogP contribution in [0, 0.1) is 0 Å². The van der Waals surface area contributed by atoms with E-state index in [1.54, 1.807) is 48.2 Å². The van der Waals surface area contributed by atoms with Gasteiger partial charge in [-0.15, -0.1) is 0 Å². The Morgan fingerprint density at radius 1 is 1.06 bits per heavy atom. The fraction of sp³-hybridized carbons (Fsp3) is 0.462. The van der Waals surface area contributed by atoms with Crippen LogP contribution in [-0.4, -0.2) is 43.8 Å². The number of hydrogen-bond acceptors (Lipinski definition) is 4. The lowest BCUT2D eigenvalue weighted by molar-refractivity contribution is -0.140. The van der Waals surface area contributed by atoms with E-state index in [1.807, 2.05) is 12.1 Å². The number of rotatable bonds is 13. The van der Waals surface area contributed by atoms with Crippen LogP contribution in [0.25, 0.3) is 0 Å². The van der Waals surface area contributed by atoms with E-state index in [4.69, 9.17) is 11.6 Å². The van der Waals surface area contributed by atoms with Gasteiger partial charge >= 0.3 is 0 Å². The van der Waals surface area contributed by atoms with E-state index in [0.717, 1.165) is 36.8 Å². The molecule has 1 saturated carbocycles. The molecular weight excluding hydrogens is 486 g/mol. The maximum absolute atomic E-state index is 13.2. The molecule has 1 unspecified atom stereocenters. The van der Waals surface area contributed by atoms with E-state index in [2.05, 4.69) is 17.0 Å². The summed E-state index contributed by atoms with van der Waals surface area (Å²) in [4.78, 5) is 27.7. The highest BCUT2D eigenvalue weighted by atomic mass is 35.5. The molecule has 9 heteroatoms. The second kappa shape index (κ2) is 12.5. The zero-order valence-electron chi connectivity index (χ0n) is 20.3. The number of carbonyl (C=O) groups is 2. The van der Waals surface area contributed by atoms with E-state index < -0.39 is 16.1 Å². The monoisotopic (exact) mass is 519 g/mol. The zero-order chi connectivity index (χ0) is 25.4. The minimum atomic E-state index is -3.51. The molecule has 0 aliphatic heterocycles. The first-order valence-electron chi connectivity index (χ1n) is 12.1. The number of hydrogen-bond donors (Lipinski definition) is 2. The standard InChI is InChI=1S/C26H34ClN3O4S/c1-3-4-17-28-26(32)19(2)30(18-21-5-10-22(27)11-6-21)25(31)16-9-20-7-14-24(15-8-20)35(33,34)29-23-12-13-23/h5-8,10-11,14-15,19,23,29H,3-4,9,12-13,16-18H2,1-2H3,(H,28,32). The van der Waals surface area contributed by atoms with Crippen molar-refractivity contribution in [2.75, 3.05) is 6.54 Å². The van der Waals surface area contributed by atoms with Crippen molar-refractivity contribution in [1.82, 2.24) is 14.9 Å². The molecule has 3 rings (SSSR count). The van der Waals surface area contributed by atoms with Gasteiger partial charge in [-0.3, -0.25) is 9.59 Å². The van der Waals surface area contributed by atoms with E-state index in [9.17, 15) is 18.0 Å². The summed E-state index contributed by atoms with van der Waals surface area (Å²) in [6, 6.07) is 13.2. The lowest BCUT2D eigenvalue weighted by Gasteiger charge is -2.29. The molecule has 0 heterocycles. The summed E-state index contributed by atoms with van der Waals surface area (Å²) in [5.74, 6) is -0.330. The van der Waals surface area contributed by atoms with Gasteiger partial charge in [0, 0.05) is 30.6 Å². The molecule has 1 fully saturated rings. The summed E-state index contributed by atoms with van der Waals surface area (Å²) in [7, 11) is -3.51. The fourth-order valence-electron chi connectivity index (χ4n) is 3.62. The maximum atomic E-state index is 13.2. The average molecular weight is 520 g/mol. The van der Waals surface area contributed by atoms with Crippen LogP contribution in [0.4, 0.5) is 0 Å². The second-order valence-electron chi connectivity index (χ2n) is 9.01. The van der Waals surface area contributed by atoms with Crippen molar-refractivity contribution >= 4 is 33.4 Å². The summed E-state index contributed by atoms with van der Waals surface area (Å²) in [5.41, 5.74) is 1.74. The molecule has 0 bridgehead atoms. The largest absolute Gasteiger partial charge is 0.354 e. The van der Waals surface area contributed by atoms with Crippen LogP contribution in [0.2, 0.25) is 5.02 Å². The minimum Gasteiger partial charge on any atom is -0.354 e. The Hall–Kier alpha value is -2.42. The van der Waals surface area contributed by atoms with Gasteiger partial charge in [0.2, 0.25) is 21.8 Å². The number of carbonyl (C=O) groups excluding carboxylic acids is 2. The van der Waals surface area contributed by atoms with Crippen LogP contribution in [-0.2, 0) is 32.6 Å². The van der Waals surface area contributed by atoms with Crippen molar-refractivity contribution in [3.05, 3.63) is 64.7 Å². The Morgan fingerprint density at radius 3 is 2.29 bits per heavy atom. The summed E-state index contributed by atoms with van der Waals surface area (Å²) < 4.78 is 27.4. The van der Waals surface area contributed by atoms with Gasteiger partial charge in [0.1, 0.15) is 6.04 Å². The van der Waals surface area contributed by atoms with Crippen molar-refractivity contribution in [3.63, 3.8) is 0 Å². The van der Waals surface area contributed by atoms with Crippen molar-refractivity contribution < 1.29 is 18.0 Å². The third-order valence-corrected chi connectivity index (χ3v) is 7.81. The van der Waals surface area contributed by atoms with Gasteiger partial charge in [-0.2, -0.15) is 0 Å². The molecule has 190 valence electrons. The van der Waals surface area contributed by atoms with Gasteiger partial charge < -0.3 is 10.2 Å². The Morgan fingerprint density at radius 2 is 1.69 bits per heavy atom. The van der Waals surface area contributed by atoms with E-state index >= 15 is 0 Å². The highest BCUT2D eigenvalue weighted by Gasteiger charge is 2.28. The number of sulfonamides is 1. The fourth-order valence-corrected chi connectivity index (χ4v) is 5.06. The molecule has 0 aromatic heterocycles. The third kappa shape index (κ3) is 8.33. The van der Waals surface area contributed by atoms with Crippen LogP contribution < -0.4 is 10.0 Å². The zero-order valence-corrected chi connectivity index (χ0v) is 21.9. The number of aryl methyl sites for hydroxylation is 1. The number of nitrogens with zero attached hydrogens (tertiary/aromatic N) is 1.